The molecule has 88 valence electrons. The van der Waals surface area contributed by atoms with Crippen molar-refractivity contribution >= 4 is 11.8 Å². The predicted molar refractivity (Wildman–Crippen MR) is 54.7 cm³/mol. The Balaban J connectivity index is 2.40. The molecule has 0 unspecified atom stereocenters. The molecule has 1 aromatic heterocycles. The van der Waals surface area contributed by atoms with E-state index in [9.17, 15) is 14.9 Å². The fourth-order valence-corrected chi connectivity index (χ4v) is 1.04. The van der Waals surface area contributed by atoms with Crippen LogP contribution in [0.1, 0.15) is 19.8 Å². The molecule has 7 nitrogen and oxygen atoms in total. The second-order valence-corrected chi connectivity index (χ2v) is 3.20. The van der Waals surface area contributed by atoms with Crippen LogP contribution >= 0.6 is 0 Å². The van der Waals surface area contributed by atoms with E-state index in [0.717, 1.165) is 12.8 Å². The van der Waals surface area contributed by atoms with Crippen molar-refractivity contribution in [1.29, 1.82) is 0 Å². The van der Waals surface area contributed by atoms with Gasteiger partial charge in [0, 0.05) is 0 Å². The van der Waals surface area contributed by atoms with Gasteiger partial charge < -0.3 is 14.9 Å². The minimum Gasteiger partial charge on any atom is -0.464 e. The number of carbonyl (C=O) groups is 1. The van der Waals surface area contributed by atoms with Crippen LogP contribution in [0.5, 0.6) is 0 Å². The molecule has 1 rings (SSSR count). The molecule has 0 aromatic carbocycles. The smallest absolute Gasteiger partial charge is 0.389 e. The maximum Gasteiger partial charge on any atom is 0.389 e. The summed E-state index contributed by atoms with van der Waals surface area (Å²) in [5.74, 6) is -0.715. The van der Waals surface area contributed by atoms with E-state index >= 15 is 0 Å². The van der Waals surface area contributed by atoms with Crippen LogP contribution in [0.4, 0.5) is 5.82 Å². The Hall–Kier alpha value is -1.92. The average molecular weight is 227 g/mol. The zero-order valence-electron chi connectivity index (χ0n) is 8.96. The minimum atomic E-state index is -0.612. The molecule has 1 aromatic rings. The van der Waals surface area contributed by atoms with E-state index in [1.807, 2.05) is 6.92 Å². The molecule has 0 saturated heterocycles. The van der Waals surface area contributed by atoms with Crippen molar-refractivity contribution in [2.75, 3.05) is 6.61 Å². The van der Waals surface area contributed by atoms with Crippen LogP contribution in [0.15, 0.2) is 12.3 Å². The van der Waals surface area contributed by atoms with E-state index in [2.05, 4.69) is 5.10 Å². The topological polar surface area (TPSA) is 87.3 Å². The van der Waals surface area contributed by atoms with E-state index in [0.29, 0.717) is 6.61 Å². The number of nitrogens with zero attached hydrogens (tertiary/aromatic N) is 3. The highest BCUT2D eigenvalue weighted by Gasteiger charge is 2.13. The number of aromatic nitrogens is 2. The van der Waals surface area contributed by atoms with Crippen molar-refractivity contribution in [3.05, 3.63) is 22.4 Å². The number of rotatable bonds is 6. The monoisotopic (exact) mass is 227 g/mol. The highest BCUT2D eigenvalue weighted by atomic mass is 16.6. The predicted octanol–water partition coefficient (Wildman–Crippen LogP) is 1.13. The van der Waals surface area contributed by atoms with Gasteiger partial charge in [0.1, 0.15) is 0 Å². The molecule has 7 heteroatoms. The maximum absolute atomic E-state index is 11.2. The molecular formula is C9H13N3O4. The number of nitro groups is 1. The van der Waals surface area contributed by atoms with E-state index in [4.69, 9.17) is 4.74 Å². The van der Waals surface area contributed by atoms with Crippen LogP contribution in [-0.4, -0.2) is 27.3 Å². The van der Waals surface area contributed by atoms with E-state index in [1.54, 1.807) is 0 Å². The van der Waals surface area contributed by atoms with Gasteiger partial charge in [-0.15, -0.1) is 0 Å². The van der Waals surface area contributed by atoms with Crippen molar-refractivity contribution in [1.82, 2.24) is 9.78 Å². The standard InChI is InChI=1S/C9H13N3O4/c1-2-3-6-16-9(13)7-11-5-4-8(10-11)12(14)15/h4-5H,2-3,6-7H2,1H3. The lowest BCUT2D eigenvalue weighted by atomic mass is 10.4. The minimum absolute atomic E-state index is 0.0996. The Morgan fingerprint density at radius 1 is 1.69 bits per heavy atom. The second kappa shape index (κ2) is 5.84. The normalized spacial score (nSPS) is 10.1. The van der Waals surface area contributed by atoms with Crippen molar-refractivity contribution in [3.8, 4) is 0 Å². The molecule has 0 amide bonds. The van der Waals surface area contributed by atoms with Gasteiger partial charge in [-0.25, -0.2) is 4.79 Å². The highest BCUT2D eigenvalue weighted by Crippen LogP contribution is 2.05. The molecule has 0 aliphatic heterocycles. The molecule has 0 bridgehead atoms. The van der Waals surface area contributed by atoms with Crippen LogP contribution in [0.25, 0.3) is 0 Å². The van der Waals surface area contributed by atoms with Gasteiger partial charge in [-0.1, -0.05) is 13.3 Å². The van der Waals surface area contributed by atoms with Crippen LogP contribution in [0, 0.1) is 10.1 Å². The zero-order chi connectivity index (χ0) is 12.0. The Morgan fingerprint density at radius 3 is 3.00 bits per heavy atom. The lowest BCUT2D eigenvalue weighted by Gasteiger charge is -2.01. The first-order chi connectivity index (χ1) is 7.63. The molecule has 0 atom stereocenters. The number of hydrogen-bond acceptors (Lipinski definition) is 5. The fourth-order valence-electron chi connectivity index (χ4n) is 1.04. The summed E-state index contributed by atoms with van der Waals surface area (Å²) in [5.41, 5.74) is 0. The van der Waals surface area contributed by atoms with Gasteiger partial charge >= 0.3 is 11.8 Å². The summed E-state index contributed by atoms with van der Waals surface area (Å²) in [6.45, 7) is 2.26. The Kier molecular flexibility index (Phi) is 4.43. The molecule has 16 heavy (non-hydrogen) atoms. The number of esters is 1. The van der Waals surface area contributed by atoms with Crippen LogP contribution in [0.2, 0.25) is 0 Å². The van der Waals surface area contributed by atoms with Crippen LogP contribution in [-0.2, 0) is 16.1 Å². The lowest BCUT2D eigenvalue weighted by molar-refractivity contribution is -0.389. The van der Waals surface area contributed by atoms with Crippen molar-refractivity contribution in [2.45, 2.75) is 26.3 Å². The molecule has 0 spiro atoms. The molecule has 0 saturated carbocycles. The number of unbranched alkanes of at least 4 members (excludes halogenated alkanes) is 1. The third-order valence-corrected chi connectivity index (χ3v) is 1.87. The number of ether oxygens (including phenoxy) is 1. The molecule has 0 aliphatic carbocycles. The number of hydrogen-bond donors (Lipinski definition) is 0. The van der Waals surface area contributed by atoms with Crippen molar-refractivity contribution in [3.63, 3.8) is 0 Å². The third-order valence-electron chi connectivity index (χ3n) is 1.87. The highest BCUT2D eigenvalue weighted by molar-refractivity contribution is 5.69. The van der Waals surface area contributed by atoms with Crippen LogP contribution in [0.3, 0.4) is 0 Å². The zero-order valence-corrected chi connectivity index (χ0v) is 8.96. The third kappa shape index (κ3) is 3.68. The Bertz CT molecular complexity index is 375. The quantitative estimate of drug-likeness (QED) is 0.314. The van der Waals surface area contributed by atoms with Gasteiger partial charge in [0.05, 0.1) is 24.0 Å². The maximum atomic E-state index is 11.2. The Morgan fingerprint density at radius 2 is 2.44 bits per heavy atom. The molecule has 0 N–H and O–H groups in total. The summed E-state index contributed by atoms with van der Waals surface area (Å²) in [6.07, 6.45) is 3.13. The summed E-state index contributed by atoms with van der Waals surface area (Å²) in [6, 6.07) is 1.24. The molecule has 0 fully saturated rings. The molecule has 0 aliphatic rings. The fraction of sp³-hybridized carbons (Fsp3) is 0.556. The summed E-state index contributed by atoms with van der Waals surface area (Å²) in [5, 5.41) is 13.9. The largest absolute Gasteiger partial charge is 0.464 e. The first kappa shape index (κ1) is 12.2. The number of carbonyl (C=O) groups excluding carboxylic acids is 1. The van der Waals surface area contributed by atoms with E-state index in [-0.39, 0.29) is 12.4 Å². The summed E-state index contributed by atoms with van der Waals surface area (Å²) in [7, 11) is 0. The van der Waals surface area contributed by atoms with Gasteiger partial charge in [-0.3, -0.25) is 0 Å². The second-order valence-electron chi connectivity index (χ2n) is 3.20. The Labute approximate surface area is 92.2 Å². The summed E-state index contributed by atoms with van der Waals surface area (Å²) in [4.78, 5) is 20.9. The first-order valence-electron chi connectivity index (χ1n) is 4.97. The first-order valence-corrected chi connectivity index (χ1v) is 4.97. The lowest BCUT2D eigenvalue weighted by Crippen LogP contribution is -2.14. The molecule has 1 heterocycles. The molecular weight excluding hydrogens is 214 g/mol. The van der Waals surface area contributed by atoms with Crippen molar-refractivity contribution in [2.24, 2.45) is 0 Å². The van der Waals surface area contributed by atoms with Gasteiger partial charge in [-0.2, -0.15) is 4.68 Å². The SMILES string of the molecule is CCCCOC(=O)Cn1ccc([N+](=O)[O-])n1. The summed E-state index contributed by atoms with van der Waals surface area (Å²) >= 11 is 0. The van der Waals surface area contributed by atoms with Gasteiger partial charge in [0.2, 0.25) is 0 Å². The van der Waals surface area contributed by atoms with E-state index in [1.165, 1.54) is 16.9 Å². The van der Waals surface area contributed by atoms with Crippen LogP contribution < -0.4 is 0 Å². The van der Waals surface area contributed by atoms with E-state index < -0.39 is 10.9 Å². The van der Waals surface area contributed by atoms with Gasteiger partial charge in [0.15, 0.2) is 6.54 Å². The molecule has 0 radical (unpaired) electrons. The van der Waals surface area contributed by atoms with Gasteiger partial charge in [0.25, 0.3) is 0 Å². The van der Waals surface area contributed by atoms with Crippen molar-refractivity contribution < 1.29 is 14.5 Å². The average Bonchev–Trinajstić information content (AvgIpc) is 2.66. The van der Waals surface area contributed by atoms with Gasteiger partial charge in [-0.05, 0) is 11.3 Å². The summed E-state index contributed by atoms with van der Waals surface area (Å²) < 4.78 is 6.07.